The number of alkyl halides is 3. The number of carbonyl (C=O) groups is 1. The molecule has 0 amide bonds. The molecule has 0 aliphatic heterocycles. The summed E-state index contributed by atoms with van der Waals surface area (Å²) in [6.45, 7) is 0. The predicted octanol–water partition coefficient (Wildman–Crippen LogP) is 1.38. The first-order chi connectivity index (χ1) is 7.70. The second-order valence-corrected chi connectivity index (χ2v) is 3.08. The van der Waals surface area contributed by atoms with E-state index in [2.05, 4.69) is 4.74 Å². The molecule has 17 heavy (non-hydrogen) atoms. The van der Waals surface area contributed by atoms with E-state index in [1.165, 1.54) is 0 Å². The lowest BCUT2D eigenvalue weighted by atomic mass is 10.1. The van der Waals surface area contributed by atoms with Crippen LogP contribution in [0, 0.1) is 0 Å². The molecule has 1 atom stereocenters. The zero-order valence-electron chi connectivity index (χ0n) is 8.23. The van der Waals surface area contributed by atoms with Gasteiger partial charge in [0.1, 0.15) is 17.5 Å². The first-order valence-electron chi connectivity index (χ1n) is 4.28. The van der Waals surface area contributed by atoms with E-state index in [9.17, 15) is 23.1 Å². The average molecular weight is 251 g/mol. The van der Waals surface area contributed by atoms with E-state index in [1.54, 1.807) is 0 Å². The van der Waals surface area contributed by atoms with Crippen molar-refractivity contribution in [1.82, 2.24) is 0 Å². The first-order valence-corrected chi connectivity index (χ1v) is 4.28. The molecular formula is C9H8F3NO4. The van der Waals surface area contributed by atoms with Gasteiger partial charge in [-0.15, -0.1) is 13.2 Å². The number of nitrogens with two attached hydrogens (primary N) is 1. The highest BCUT2D eigenvalue weighted by atomic mass is 19.4. The quantitative estimate of drug-likeness (QED) is 0.754. The molecule has 0 radical (unpaired) electrons. The van der Waals surface area contributed by atoms with Gasteiger partial charge in [-0.3, -0.25) is 4.79 Å². The van der Waals surface area contributed by atoms with Crippen molar-refractivity contribution < 1.29 is 32.9 Å². The lowest BCUT2D eigenvalue weighted by molar-refractivity contribution is -0.274. The summed E-state index contributed by atoms with van der Waals surface area (Å²) in [7, 11) is 0. The molecule has 8 heteroatoms. The van der Waals surface area contributed by atoms with E-state index >= 15 is 0 Å². The Bertz CT molecular complexity index is 433. The number of benzene rings is 1. The zero-order valence-corrected chi connectivity index (χ0v) is 8.23. The van der Waals surface area contributed by atoms with Crippen LogP contribution in [0.4, 0.5) is 13.2 Å². The highest BCUT2D eigenvalue weighted by molar-refractivity contribution is 5.76. The van der Waals surface area contributed by atoms with Gasteiger partial charge in [-0.2, -0.15) is 0 Å². The molecule has 0 saturated carbocycles. The summed E-state index contributed by atoms with van der Waals surface area (Å²) < 4.78 is 39.0. The maximum Gasteiger partial charge on any atom is 0.573 e. The summed E-state index contributed by atoms with van der Waals surface area (Å²) in [5, 5.41) is 17.9. The molecule has 1 aromatic rings. The Kier molecular flexibility index (Phi) is 3.47. The van der Waals surface area contributed by atoms with Crippen LogP contribution in [-0.4, -0.2) is 22.5 Å². The maximum absolute atomic E-state index is 11.8. The molecule has 5 nitrogen and oxygen atoms in total. The van der Waals surface area contributed by atoms with Crippen LogP contribution in [0.5, 0.6) is 11.5 Å². The van der Waals surface area contributed by atoms with Crippen LogP contribution in [0.25, 0.3) is 0 Å². The number of hydrogen-bond donors (Lipinski definition) is 3. The Morgan fingerprint density at radius 2 is 2.00 bits per heavy atom. The lowest BCUT2D eigenvalue weighted by Gasteiger charge is -2.12. The van der Waals surface area contributed by atoms with Crippen molar-refractivity contribution in [2.24, 2.45) is 5.73 Å². The molecule has 0 aliphatic rings. The van der Waals surface area contributed by atoms with Crippen LogP contribution in [0.1, 0.15) is 11.6 Å². The van der Waals surface area contributed by atoms with Crippen molar-refractivity contribution in [3.05, 3.63) is 23.8 Å². The number of ether oxygens (including phenoxy) is 1. The van der Waals surface area contributed by atoms with Crippen LogP contribution < -0.4 is 10.5 Å². The van der Waals surface area contributed by atoms with Crippen molar-refractivity contribution in [1.29, 1.82) is 0 Å². The molecule has 0 saturated heterocycles. The summed E-state index contributed by atoms with van der Waals surface area (Å²) in [5.41, 5.74) is 4.99. The fourth-order valence-electron chi connectivity index (χ4n) is 1.12. The number of aromatic hydroxyl groups is 1. The standard InChI is InChI=1S/C9H8F3NO4/c10-9(11,12)17-4-1-2-5(6(14)3-4)7(13)8(15)16/h1-3,7,14H,13H2,(H,15,16)/t7-/m0/s1. The fourth-order valence-corrected chi connectivity index (χ4v) is 1.12. The lowest BCUT2D eigenvalue weighted by Crippen LogP contribution is -2.21. The van der Waals surface area contributed by atoms with Crippen molar-refractivity contribution in [2.75, 3.05) is 0 Å². The van der Waals surface area contributed by atoms with Crippen molar-refractivity contribution in [3.8, 4) is 11.5 Å². The predicted molar refractivity (Wildman–Crippen MR) is 49.4 cm³/mol. The summed E-state index contributed by atoms with van der Waals surface area (Å²) >= 11 is 0. The highest BCUT2D eigenvalue weighted by Crippen LogP contribution is 2.30. The van der Waals surface area contributed by atoms with E-state index in [0.717, 1.165) is 12.1 Å². The number of carboxylic acid groups (broad SMARTS) is 1. The van der Waals surface area contributed by atoms with Crippen LogP contribution in [-0.2, 0) is 4.79 Å². The molecule has 0 bridgehead atoms. The average Bonchev–Trinajstić information content (AvgIpc) is 2.14. The first kappa shape index (κ1) is 13.1. The summed E-state index contributed by atoms with van der Waals surface area (Å²) in [6.07, 6.45) is -4.89. The normalized spacial score (nSPS) is 13.2. The van der Waals surface area contributed by atoms with Gasteiger partial charge < -0.3 is 20.7 Å². The molecule has 0 heterocycles. The third-order valence-corrected chi connectivity index (χ3v) is 1.84. The van der Waals surface area contributed by atoms with Gasteiger partial charge in [0, 0.05) is 11.6 Å². The summed E-state index contributed by atoms with van der Waals surface area (Å²) in [5.74, 6) is -2.75. The molecule has 94 valence electrons. The van der Waals surface area contributed by atoms with Crippen LogP contribution >= 0.6 is 0 Å². The zero-order chi connectivity index (χ0) is 13.2. The molecule has 0 aromatic heterocycles. The van der Waals surface area contributed by atoms with E-state index in [4.69, 9.17) is 10.8 Å². The van der Waals surface area contributed by atoms with Gasteiger partial charge in [-0.25, -0.2) is 0 Å². The van der Waals surface area contributed by atoms with Gasteiger partial charge in [0.15, 0.2) is 0 Å². The molecule has 1 rings (SSSR count). The Labute approximate surface area is 93.2 Å². The minimum atomic E-state index is -4.89. The van der Waals surface area contributed by atoms with Crippen molar-refractivity contribution in [2.45, 2.75) is 12.4 Å². The molecular weight excluding hydrogens is 243 g/mol. The second kappa shape index (κ2) is 4.50. The molecule has 4 N–H and O–H groups in total. The fraction of sp³-hybridized carbons (Fsp3) is 0.222. The van der Waals surface area contributed by atoms with E-state index < -0.39 is 29.9 Å². The number of hydrogen-bond acceptors (Lipinski definition) is 4. The third-order valence-electron chi connectivity index (χ3n) is 1.84. The van der Waals surface area contributed by atoms with E-state index in [-0.39, 0.29) is 5.56 Å². The van der Waals surface area contributed by atoms with Crippen molar-refractivity contribution >= 4 is 5.97 Å². The van der Waals surface area contributed by atoms with Gasteiger partial charge in [-0.1, -0.05) is 0 Å². The number of phenols is 1. The van der Waals surface area contributed by atoms with Crippen LogP contribution in [0.3, 0.4) is 0 Å². The summed E-state index contributed by atoms with van der Waals surface area (Å²) in [6, 6.07) is 0.946. The number of halogens is 3. The molecule has 1 aromatic carbocycles. The van der Waals surface area contributed by atoms with Gasteiger partial charge in [0.25, 0.3) is 0 Å². The van der Waals surface area contributed by atoms with Gasteiger partial charge in [0.05, 0.1) is 0 Å². The van der Waals surface area contributed by atoms with Gasteiger partial charge >= 0.3 is 12.3 Å². The molecule has 0 fully saturated rings. The summed E-state index contributed by atoms with van der Waals surface area (Å²) in [4.78, 5) is 10.5. The minimum absolute atomic E-state index is 0.202. The Morgan fingerprint density at radius 1 is 1.41 bits per heavy atom. The van der Waals surface area contributed by atoms with E-state index in [1.807, 2.05) is 0 Å². The topological polar surface area (TPSA) is 92.8 Å². The van der Waals surface area contributed by atoms with Crippen molar-refractivity contribution in [3.63, 3.8) is 0 Å². The molecule has 0 spiro atoms. The Balaban J connectivity index is 2.98. The largest absolute Gasteiger partial charge is 0.573 e. The number of carboxylic acids is 1. The number of aliphatic carboxylic acids is 1. The Morgan fingerprint density at radius 3 is 2.41 bits per heavy atom. The second-order valence-electron chi connectivity index (χ2n) is 3.08. The van der Waals surface area contributed by atoms with Crippen LogP contribution in [0.15, 0.2) is 18.2 Å². The molecule has 0 unspecified atom stereocenters. The maximum atomic E-state index is 11.8. The van der Waals surface area contributed by atoms with Gasteiger partial charge in [0.2, 0.25) is 0 Å². The minimum Gasteiger partial charge on any atom is -0.507 e. The SMILES string of the molecule is N[C@H](C(=O)O)c1ccc(OC(F)(F)F)cc1O. The smallest absolute Gasteiger partial charge is 0.507 e. The third kappa shape index (κ3) is 3.52. The number of phenolic OH excluding ortho intramolecular Hbond substituents is 1. The monoisotopic (exact) mass is 251 g/mol. The molecule has 0 aliphatic carbocycles. The van der Waals surface area contributed by atoms with E-state index in [0.29, 0.717) is 6.07 Å². The number of rotatable bonds is 3. The van der Waals surface area contributed by atoms with Crippen LogP contribution in [0.2, 0.25) is 0 Å². The Hall–Kier alpha value is -1.96. The van der Waals surface area contributed by atoms with Gasteiger partial charge in [-0.05, 0) is 12.1 Å². The highest BCUT2D eigenvalue weighted by Gasteiger charge is 2.31.